The maximum Gasteiger partial charge on any atom is 0.244 e. The molecule has 158 valence electrons. The molecule has 10 heteroatoms. The van der Waals surface area contributed by atoms with Crippen molar-refractivity contribution >= 4 is 33.2 Å². The molecular weight excluding hydrogens is 423 g/mol. The van der Waals surface area contributed by atoms with Gasteiger partial charge in [0.05, 0.1) is 24.8 Å². The van der Waals surface area contributed by atoms with Gasteiger partial charge in [0.25, 0.3) is 0 Å². The molecule has 0 spiro atoms. The minimum absolute atomic E-state index is 0.259. The number of rotatable bonds is 9. The number of anilines is 1. The Labute approximate surface area is 174 Å². The van der Waals surface area contributed by atoms with Crippen molar-refractivity contribution in [3.63, 3.8) is 0 Å². The third-order valence-electron chi connectivity index (χ3n) is 3.78. The lowest BCUT2D eigenvalue weighted by molar-refractivity contribution is -0.116. The second kappa shape index (κ2) is 9.91. The van der Waals surface area contributed by atoms with Crippen LogP contribution in [0.15, 0.2) is 41.3 Å². The van der Waals surface area contributed by atoms with E-state index in [1.54, 1.807) is 18.2 Å². The Morgan fingerprint density at radius 3 is 2.38 bits per heavy atom. The van der Waals surface area contributed by atoms with E-state index in [2.05, 4.69) is 5.32 Å². The maximum absolute atomic E-state index is 13.2. The quantitative estimate of drug-likeness (QED) is 0.639. The van der Waals surface area contributed by atoms with E-state index in [0.717, 1.165) is 22.5 Å². The van der Waals surface area contributed by atoms with Gasteiger partial charge in [-0.15, -0.1) is 0 Å². The Balaban J connectivity index is 2.12. The summed E-state index contributed by atoms with van der Waals surface area (Å²) in [6.07, 6.45) is 0. The summed E-state index contributed by atoms with van der Waals surface area (Å²) >= 11 is 5.84. The monoisotopic (exact) mass is 444 g/mol. The third-order valence-corrected chi connectivity index (χ3v) is 6.06. The number of hydrogen-bond donors (Lipinski definition) is 1. The SMILES string of the molecule is CCOc1ccc(NC(=O)CN(C)S(=O)(=O)c2ccc(F)cc2Cl)cc1OCC. The van der Waals surface area contributed by atoms with E-state index in [1.807, 2.05) is 13.8 Å². The zero-order chi connectivity index (χ0) is 21.6. The van der Waals surface area contributed by atoms with Crippen LogP contribution in [0.3, 0.4) is 0 Å². The highest BCUT2D eigenvalue weighted by molar-refractivity contribution is 7.89. The first-order valence-corrected chi connectivity index (χ1v) is 10.6. The molecular formula is C19H22ClFN2O5S. The van der Waals surface area contributed by atoms with Gasteiger partial charge in [-0.25, -0.2) is 12.8 Å². The molecule has 0 saturated carbocycles. The van der Waals surface area contributed by atoms with Crippen molar-refractivity contribution in [3.8, 4) is 11.5 Å². The number of nitrogens with zero attached hydrogens (tertiary/aromatic N) is 1. The van der Waals surface area contributed by atoms with E-state index in [-0.39, 0.29) is 9.92 Å². The molecule has 0 heterocycles. The van der Waals surface area contributed by atoms with Crippen LogP contribution in [-0.4, -0.2) is 45.4 Å². The molecule has 0 saturated heterocycles. The molecule has 0 aliphatic carbocycles. The number of amides is 1. The molecule has 0 radical (unpaired) electrons. The van der Waals surface area contributed by atoms with E-state index in [1.165, 1.54) is 7.05 Å². The molecule has 2 aromatic rings. The van der Waals surface area contributed by atoms with Crippen molar-refractivity contribution in [2.45, 2.75) is 18.7 Å². The summed E-state index contributed by atoms with van der Waals surface area (Å²) in [7, 11) is -2.84. The zero-order valence-corrected chi connectivity index (χ0v) is 17.8. The molecule has 2 aromatic carbocycles. The van der Waals surface area contributed by atoms with Crippen LogP contribution in [-0.2, 0) is 14.8 Å². The average Bonchev–Trinajstić information content (AvgIpc) is 2.63. The van der Waals surface area contributed by atoms with Crippen molar-refractivity contribution < 1.29 is 27.1 Å². The highest BCUT2D eigenvalue weighted by atomic mass is 35.5. The molecule has 0 aliphatic heterocycles. The summed E-state index contributed by atoms with van der Waals surface area (Å²) in [5, 5.41) is 2.36. The average molecular weight is 445 g/mol. The van der Waals surface area contributed by atoms with Gasteiger partial charge in [-0.1, -0.05) is 11.6 Å². The number of carbonyl (C=O) groups is 1. The third kappa shape index (κ3) is 5.81. The minimum Gasteiger partial charge on any atom is -0.490 e. The summed E-state index contributed by atoms with van der Waals surface area (Å²) in [5.41, 5.74) is 0.424. The fourth-order valence-corrected chi connectivity index (χ4v) is 4.10. The summed E-state index contributed by atoms with van der Waals surface area (Å²) in [5.74, 6) is -0.222. The van der Waals surface area contributed by atoms with Crippen LogP contribution in [0.25, 0.3) is 0 Å². The van der Waals surface area contributed by atoms with Crippen LogP contribution in [0.4, 0.5) is 10.1 Å². The van der Waals surface area contributed by atoms with Crippen molar-refractivity contribution in [1.29, 1.82) is 0 Å². The molecule has 7 nitrogen and oxygen atoms in total. The number of nitrogens with one attached hydrogen (secondary N) is 1. The van der Waals surface area contributed by atoms with Crippen LogP contribution in [0.1, 0.15) is 13.8 Å². The highest BCUT2D eigenvalue weighted by Gasteiger charge is 2.25. The Morgan fingerprint density at radius 2 is 1.76 bits per heavy atom. The molecule has 0 bridgehead atoms. The van der Waals surface area contributed by atoms with Gasteiger partial charge in [0.15, 0.2) is 11.5 Å². The lowest BCUT2D eigenvalue weighted by Gasteiger charge is -2.18. The first-order valence-electron chi connectivity index (χ1n) is 8.79. The van der Waals surface area contributed by atoms with E-state index in [0.29, 0.717) is 30.4 Å². The lowest BCUT2D eigenvalue weighted by atomic mass is 10.2. The van der Waals surface area contributed by atoms with E-state index in [4.69, 9.17) is 21.1 Å². The van der Waals surface area contributed by atoms with Crippen LogP contribution >= 0.6 is 11.6 Å². The fraction of sp³-hybridized carbons (Fsp3) is 0.316. The normalized spacial score (nSPS) is 11.4. The second-order valence-corrected chi connectivity index (χ2v) is 8.33. The largest absolute Gasteiger partial charge is 0.490 e. The number of sulfonamides is 1. The van der Waals surface area contributed by atoms with Gasteiger partial charge in [-0.3, -0.25) is 4.79 Å². The highest BCUT2D eigenvalue weighted by Crippen LogP contribution is 2.31. The first kappa shape index (κ1) is 22.9. The maximum atomic E-state index is 13.2. The lowest BCUT2D eigenvalue weighted by Crippen LogP contribution is -2.35. The number of ether oxygens (including phenoxy) is 2. The Bertz CT molecular complexity index is 985. The Hall–Kier alpha value is -2.36. The topological polar surface area (TPSA) is 84.9 Å². The van der Waals surface area contributed by atoms with Crippen molar-refractivity contribution in [1.82, 2.24) is 4.31 Å². The molecule has 1 N–H and O–H groups in total. The molecule has 29 heavy (non-hydrogen) atoms. The summed E-state index contributed by atoms with van der Waals surface area (Å²) in [4.78, 5) is 12.1. The van der Waals surface area contributed by atoms with Crippen LogP contribution in [0, 0.1) is 5.82 Å². The molecule has 1 amide bonds. The minimum atomic E-state index is -4.08. The van der Waals surface area contributed by atoms with E-state index in [9.17, 15) is 17.6 Å². The van der Waals surface area contributed by atoms with Crippen molar-refractivity contribution in [2.24, 2.45) is 0 Å². The van der Waals surface area contributed by atoms with Crippen LogP contribution in [0.5, 0.6) is 11.5 Å². The van der Waals surface area contributed by atoms with Gasteiger partial charge in [-0.05, 0) is 44.2 Å². The molecule has 2 rings (SSSR count). The summed E-state index contributed by atoms with van der Waals surface area (Å²) < 4.78 is 50.2. The number of hydrogen-bond acceptors (Lipinski definition) is 5. The zero-order valence-electron chi connectivity index (χ0n) is 16.2. The molecule has 0 atom stereocenters. The Kier molecular flexibility index (Phi) is 7.83. The number of carbonyl (C=O) groups excluding carboxylic acids is 1. The van der Waals surface area contributed by atoms with Gasteiger partial charge in [0.1, 0.15) is 10.7 Å². The van der Waals surface area contributed by atoms with Gasteiger partial charge in [-0.2, -0.15) is 4.31 Å². The van der Waals surface area contributed by atoms with Gasteiger partial charge >= 0.3 is 0 Å². The number of halogens is 2. The molecule has 0 fully saturated rings. The molecule has 0 aliphatic rings. The summed E-state index contributed by atoms with van der Waals surface area (Å²) in [6, 6.07) is 7.82. The predicted molar refractivity (Wildman–Crippen MR) is 109 cm³/mol. The van der Waals surface area contributed by atoms with Gasteiger partial charge in [0.2, 0.25) is 15.9 Å². The number of likely N-dealkylation sites (N-methyl/N-ethyl adjacent to an activating group) is 1. The molecule has 0 aromatic heterocycles. The van der Waals surface area contributed by atoms with Gasteiger partial charge in [0, 0.05) is 18.8 Å². The summed E-state index contributed by atoms with van der Waals surface area (Å²) in [6.45, 7) is 4.07. The van der Waals surface area contributed by atoms with Crippen molar-refractivity contribution in [2.75, 3.05) is 32.1 Å². The van der Waals surface area contributed by atoms with E-state index < -0.39 is 28.3 Å². The standard InChI is InChI=1S/C19H22ClFN2O5S/c1-4-27-16-8-7-14(11-17(16)28-5-2)22-19(24)12-23(3)29(25,26)18-9-6-13(21)10-15(18)20/h6-11H,4-5,12H2,1-3H3,(H,22,24). The number of benzene rings is 2. The predicted octanol–water partition coefficient (Wildman–Crippen LogP) is 3.54. The fourth-order valence-electron chi connectivity index (χ4n) is 2.47. The second-order valence-electron chi connectivity index (χ2n) is 5.91. The van der Waals surface area contributed by atoms with Crippen LogP contribution < -0.4 is 14.8 Å². The Morgan fingerprint density at radius 1 is 1.10 bits per heavy atom. The van der Waals surface area contributed by atoms with E-state index >= 15 is 0 Å². The van der Waals surface area contributed by atoms with Crippen LogP contribution in [0.2, 0.25) is 5.02 Å². The smallest absolute Gasteiger partial charge is 0.244 e. The first-order chi connectivity index (χ1) is 13.7. The van der Waals surface area contributed by atoms with Gasteiger partial charge < -0.3 is 14.8 Å². The molecule has 0 unspecified atom stereocenters. The van der Waals surface area contributed by atoms with Crippen molar-refractivity contribution in [3.05, 3.63) is 47.2 Å².